The van der Waals surface area contributed by atoms with Gasteiger partial charge in [-0.25, -0.2) is 4.98 Å². The number of aromatic nitrogens is 1. The molecule has 1 heterocycles. The first-order valence-electron chi connectivity index (χ1n) is 4.82. The zero-order valence-corrected chi connectivity index (χ0v) is 9.47. The summed E-state index contributed by atoms with van der Waals surface area (Å²) in [5.74, 6) is 0.436. The SMILES string of the molecule is Cc1cc(C2C(N)C2(C)C)cnc1Cl. The predicted octanol–water partition coefficient (Wildman–Crippen LogP) is 2.49. The van der Waals surface area contributed by atoms with Crippen molar-refractivity contribution in [3.05, 3.63) is 28.5 Å². The average molecular weight is 211 g/mol. The Labute approximate surface area is 89.5 Å². The van der Waals surface area contributed by atoms with Crippen LogP contribution in [0.1, 0.15) is 30.9 Å². The molecule has 76 valence electrons. The van der Waals surface area contributed by atoms with Crippen LogP contribution in [0.2, 0.25) is 5.15 Å². The monoisotopic (exact) mass is 210 g/mol. The number of hydrogen-bond acceptors (Lipinski definition) is 2. The number of rotatable bonds is 1. The molecule has 3 heteroatoms. The van der Waals surface area contributed by atoms with Gasteiger partial charge in [0.05, 0.1) is 0 Å². The molecule has 1 aromatic heterocycles. The highest BCUT2D eigenvalue weighted by atomic mass is 35.5. The molecular formula is C11H15ClN2. The molecule has 2 rings (SSSR count). The molecule has 2 nitrogen and oxygen atoms in total. The molecule has 1 aliphatic carbocycles. The van der Waals surface area contributed by atoms with E-state index in [9.17, 15) is 0 Å². The summed E-state index contributed by atoms with van der Waals surface area (Å²) in [7, 11) is 0. The van der Waals surface area contributed by atoms with Gasteiger partial charge in [-0.1, -0.05) is 31.5 Å². The maximum Gasteiger partial charge on any atom is 0.131 e. The summed E-state index contributed by atoms with van der Waals surface area (Å²) in [5, 5.41) is 0.584. The highest BCUT2D eigenvalue weighted by molar-refractivity contribution is 6.30. The van der Waals surface area contributed by atoms with E-state index in [0.29, 0.717) is 11.1 Å². The first-order valence-corrected chi connectivity index (χ1v) is 5.20. The number of halogens is 1. The Morgan fingerprint density at radius 3 is 2.50 bits per heavy atom. The van der Waals surface area contributed by atoms with Crippen LogP contribution in [0.3, 0.4) is 0 Å². The van der Waals surface area contributed by atoms with Crippen molar-refractivity contribution < 1.29 is 0 Å². The van der Waals surface area contributed by atoms with Gasteiger partial charge in [-0.3, -0.25) is 0 Å². The molecule has 1 aromatic rings. The average Bonchev–Trinajstić information content (AvgIpc) is 2.58. The maximum absolute atomic E-state index is 6.00. The first kappa shape index (κ1) is 9.94. The normalized spacial score (nSPS) is 28.9. The van der Waals surface area contributed by atoms with Gasteiger partial charge in [0.25, 0.3) is 0 Å². The van der Waals surface area contributed by atoms with Crippen molar-refractivity contribution in [3.8, 4) is 0 Å². The van der Waals surface area contributed by atoms with Crippen LogP contribution in [-0.2, 0) is 0 Å². The smallest absolute Gasteiger partial charge is 0.131 e. The van der Waals surface area contributed by atoms with Crippen molar-refractivity contribution >= 4 is 11.6 Å². The number of nitrogens with zero attached hydrogens (tertiary/aromatic N) is 1. The van der Waals surface area contributed by atoms with Gasteiger partial charge in [-0.2, -0.15) is 0 Å². The zero-order chi connectivity index (χ0) is 10.5. The van der Waals surface area contributed by atoms with Crippen LogP contribution in [0.25, 0.3) is 0 Å². The third-order valence-electron chi connectivity index (χ3n) is 3.31. The molecule has 0 saturated heterocycles. The van der Waals surface area contributed by atoms with Gasteiger partial charge in [-0.05, 0) is 23.5 Å². The lowest BCUT2D eigenvalue weighted by Crippen LogP contribution is -2.06. The Balaban J connectivity index is 2.32. The third-order valence-corrected chi connectivity index (χ3v) is 3.70. The van der Waals surface area contributed by atoms with Gasteiger partial charge in [0.1, 0.15) is 5.15 Å². The van der Waals surface area contributed by atoms with E-state index in [1.54, 1.807) is 0 Å². The van der Waals surface area contributed by atoms with E-state index in [0.717, 1.165) is 5.56 Å². The van der Waals surface area contributed by atoms with E-state index < -0.39 is 0 Å². The molecule has 0 spiro atoms. The summed E-state index contributed by atoms with van der Waals surface area (Å²) in [4.78, 5) is 4.15. The zero-order valence-electron chi connectivity index (χ0n) is 8.71. The molecule has 2 unspecified atom stereocenters. The molecule has 0 aliphatic heterocycles. The van der Waals surface area contributed by atoms with Crippen molar-refractivity contribution in [2.45, 2.75) is 32.7 Å². The Morgan fingerprint density at radius 1 is 1.50 bits per heavy atom. The van der Waals surface area contributed by atoms with E-state index in [-0.39, 0.29) is 11.5 Å². The Kier molecular flexibility index (Phi) is 2.09. The van der Waals surface area contributed by atoms with Gasteiger partial charge in [-0.15, -0.1) is 0 Å². The highest BCUT2D eigenvalue weighted by Crippen LogP contribution is 2.57. The molecule has 14 heavy (non-hydrogen) atoms. The fraction of sp³-hybridized carbons (Fsp3) is 0.545. The molecule has 2 atom stereocenters. The Bertz CT molecular complexity index is 374. The molecule has 1 fully saturated rings. The lowest BCUT2D eigenvalue weighted by Gasteiger charge is -2.04. The summed E-state index contributed by atoms with van der Waals surface area (Å²) < 4.78 is 0. The van der Waals surface area contributed by atoms with Crippen LogP contribution in [0.15, 0.2) is 12.3 Å². The van der Waals surface area contributed by atoms with Gasteiger partial charge in [0.2, 0.25) is 0 Å². The summed E-state index contributed by atoms with van der Waals surface area (Å²) >= 11 is 5.87. The van der Waals surface area contributed by atoms with Crippen molar-refractivity contribution in [1.29, 1.82) is 0 Å². The molecule has 0 aromatic carbocycles. The fourth-order valence-electron chi connectivity index (χ4n) is 2.06. The molecule has 1 aliphatic rings. The summed E-state index contributed by atoms with van der Waals surface area (Å²) in [6.07, 6.45) is 1.84. The van der Waals surface area contributed by atoms with Crippen LogP contribution >= 0.6 is 11.6 Å². The molecular weight excluding hydrogens is 196 g/mol. The van der Waals surface area contributed by atoms with Gasteiger partial charge in [0, 0.05) is 18.2 Å². The second-order valence-electron chi connectivity index (χ2n) is 4.70. The lowest BCUT2D eigenvalue weighted by atomic mass is 10.0. The number of hydrogen-bond donors (Lipinski definition) is 1. The van der Waals surface area contributed by atoms with Crippen molar-refractivity contribution in [2.75, 3.05) is 0 Å². The summed E-state index contributed by atoms with van der Waals surface area (Å²) in [5.41, 5.74) is 8.45. The quantitative estimate of drug-likeness (QED) is 0.724. The second kappa shape index (κ2) is 2.94. The van der Waals surface area contributed by atoms with Gasteiger partial charge in [0.15, 0.2) is 0 Å². The highest BCUT2D eigenvalue weighted by Gasteiger charge is 2.56. The predicted molar refractivity (Wildman–Crippen MR) is 58.5 cm³/mol. The molecule has 0 bridgehead atoms. The van der Waals surface area contributed by atoms with E-state index >= 15 is 0 Å². The largest absolute Gasteiger partial charge is 0.327 e. The maximum atomic E-state index is 6.00. The van der Waals surface area contributed by atoms with Crippen LogP contribution in [0.4, 0.5) is 0 Å². The number of nitrogens with two attached hydrogens (primary N) is 1. The number of pyridine rings is 1. The minimum atomic E-state index is 0.210. The van der Waals surface area contributed by atoms with E-state index in [2.05, 4.69) is 24.9 Å². The van der Waals surface area contributed by atoms with Crippen LogP contribution < -0.4 is 5.73 Å². The van der Waals surface area contributed by atoms with Crippen molar-refractivity contribution in [1.82, 2.24) is 4.98 Å². The minimum absolute atomic E-state index is 0.210. The summed E-state index contributed by atoms with van der Waals surface area (Å²) in [6.45, 7) is 6.35. The molecule has 2 N–H and O–H groups in total. The minimum Gasteiger partial charge on any atom is -0.327 e. The fourth-order valence-corrected chi connectivity index (χ4v) is 2.17. The van der Waals surface area contributed by atoms with Gasteiger partial charge < -0.3 is 5.73 Å². The van der Waals surface area contributed by atoms with Crippen LogP contribution in [0.5, 0.6) is 0 Å². The molecule has 0 amide bonds. The Hall–Kier alpha value is -0.600. The lowest BCUT2D eigenvalue weighted by molar-refractivity contribution is 0.598. The summed E-state index contributed by atoms with van der Waals surface area (Å²) in [6, 6.07) is 2.35. The first-order chi connectivity index (χ1) is 6.44. The number of aryl methyl sites for hydroxylation is 1. The molecule has 1 saturated carbocycles. The van der Waals surface area contributed by atoms with Crippen LogP contribution in [0, 0.1) is 12.3 Å². The standard InChI is InChI=1S/C11H15ClN2/c1-6-4-7(5-14-10(6)12)8-9(13)11(8,2)3/h4-5,8-9H,13H2,1-3H3. The van der Waals surface area contributed by atoms with Crippen LogP contribution in [-0.4, -0.2) is 11.0 Å². The topological polar surface area (TPSA) is 38.9 Å². The van der Waals surface area contributed by atoms with E-state index in [1.807, 2.05) is 13.1 Å². The third kappa shape index (κ3) is 1.33. The Morgan fingerprint density at radius 2 is 2.07 bits per heavy atom. The van der Waals surface area contributed by atoms with Gasteiger partial charge >= 0.3 is 0 Å². The second-order valence-corrected chi connectivity index (χ2v) is 5.06. The van der Waals surface area contributed by atoms with E-state index in [4.69, 9.17) is 17.3 Å². The van der Waals surface area contributed by atoms with E-state index in [1.165, 1.54) is 5.56 Å². The van der Waals surface area contributed by atoms with Crippen molar-refractivity contribution in [3.63, 3.8) is 0 Å². The molecule has 0 radical (unpaired) electrons. The van der Waals surface area contributed by atoms with Crippen molar-refractivity contribution in [2.24, 2.45) is 11.1 Å².